The van der Waals surface area contributed by atoms with Gasteiger partial charge < -0.3 is 15.0 Å². The fourth-order valence-electron chi connectivity index (χ4n) is 5.17. The summed E-state index contributed by atoms with van der Waals surface area (Å²) < 4.78 is 5.45. The number of carbonyl (C=O) groups excluding carboxylic acids is 1. The lowest BCUT2D eigenvalue weighted by molar-refractivity contribution is 0.0364. The Kier molecular flexibility index (Phi) is 6.56. The van der Waals surface area contributed by atoms with Gasteiger partial charge in [-0.2, -0.15) is 0 Å². The van der Waals surface area contributed by atoms with Gasteiger partial charge in [0.25, 0.3) is 0 Å². The molecule has 0 aromatic heterocycles. The largest absolute Gasteiger partial charge is 0.379 e. The highest BCUT2D eigenvalue weighted by atomic mass is 16.5. The number of nitrogens with zero attached hydrogens (tertiary/aromatic N) is 2. The molecule has 2 aliphatic carbocycles. The number of fused-ring (bicyclic) bond motifs is 2. The van der Waals surface area contributed by atoms with Gasteiger partial charge in [-0.05, 0) is 62.0 Å². The van der Waals surface area contributed by atoms with Crippen molar-refractivity contribution in [1.29, 1.82) is 0 Å². The summed E-state index contributed by atoms with van der Waals surface area (Å²) in [5, 5.41) is 3.22. The van der Waals surface area contributed by atoms with Gasteiger partial charge in [-0.15, -0.1) is 0 Å². The summed E-state index contributed by atoms with van der Waals surface area (Å²) in [6.07, 6.45) is 8.29. The van der Waals surface area contributed by atoms with E-state index in [0.29, 0.717) is 11.8 Å². The van der Waals surface area contributed by atoms with Crippen LogP contribution in [0.1, 0.15) is 30.4 Å². The number of hydrogen-bond donors (Lipinski definition) is 1. The van der Waals surface area contributed by atoms with E-state index in [1.807, 2.05) is 6.07 Å². The molecule has 1 aromatic carbocycles. The normalized spacial score (nSPS) is 26.1. The third-order valence-corrected chi connectivity index (χ3v) is 6.88. The SMILES string of the molecule is Cc1cccc(C)c1NC(=O)N(CCCN1CCOCC1)CC1CC2C=CC1C2. The number of urea groups is 1. The van der Waals surface area contributed by atoms with Crippen LogP contribution in [0.4, 0.5) is 10.5 Å². The van der Waals surface area contributed by atoms with E-state index in [4.69, 9.17) is 4.74 Å². The first kappa shape index (κ1) is 20.4. The molecule has 3 atom stereocenters. The maximum atomic E-state index is 13.3. The van der Waals surface area contributed by atoms with Gasteiger partial charge in [-0.1, -0.05) is 30.4 Å². The fourth-order valence-corrected chi connectivity index (χ4v) is 5.17. The van der Waals surface area contributed by atoms with Crippen molar-refractivity contribution in [3.8, 4) is 0 Å². The second kappa shape index (κ2) is 9.31. The number of carbonyl (C=O) groups is 1. The van der Waals surface area contributed by atoms with E-state index in [-0.39, 0.29) is 6.03 Å². The molecule has 5 nitrogen and oxygen atoms in total. The highest BCUT2D eigenvalue weighted by Gasteiger charge is 2.37. The van der Waals surface area contributed by atoms with E-state index < -0.39 is 0 Å². The standard InChI is InChI=1S/C24H35N3O2/c1-18-5-3-6-19(2)23(18)25-24(28)27(10-4-9-26-11-13-29-14-12-26)17-22-16-20-7-8-21(22)15-20/h3,5-8,20-22H,4,9-17H2,1-2H3,(H,25,28). The minimum atomic E-state index is 0.0520. The predicted octanol–water partition coefficient (Wildman–Crippen LogP) is 4.07. The zero-order chi connectivity index (χ0) is 20.2. The lowest BCUT2D eigenvalue weighted by atomic mass is 9.93. The fraction of sp³-hybridized carbons (Fsp3) is 0.625. The van der Waals surface area contributed by atoms with Crippen LogP contribution in [0.5, 0.6) is 0 Å². The first-order chi connectivity index (χ1) is 14.1. The average molecular weight is 398 g/mol. The molecule has 1 aromatic rings. The Morgan fingerprint density at radius 1 is 1.17 bits per heavy atom. The maximum Gasteiger partial charge on any atom is 0.321 e. The van der Waals surface area contributed by atoms with Crippen molar-refractivity contribution in [1.82, 2.24) is 9.80 Å². The Morgan fingerprint density at radius 2 is 1.93 bits per heavy atom. The molecule has 2 amide bonds. The molecule has 1 N–H and O–H groups in total. The number of allylic oxidation sites excluding steroid dienone is 2. The minimum Gasteiger partial charge on any atom is -0.379 e. The first-order valence-corrected chi connectivity index (χ1v) is 11.2. The van der Waals surface area contributed by atoms with Gasteiger partial charge in [0.15, 0.2) is 0 Å². The Labute approximate surface area is 175 Å². The Hall–Kier alpha value is -1.85. The molecule has 1 saturated heterocycles. The lowest BCUT2D eigenvalue weighted by Gasteiger charge is -2.31. The number of para-hydroxylation sites is 1. The first-order valence-electron chi connectivity index (χ1n) is 11.2. The van der Waals surface area contributed by atoms with Gasteiger partial charge in [0.2, 0.25) is 0 Å². The van der Waals surface area contributed by atoms with Crippen molar-refractivity contribution in [3.63, 3.8) is 0 Å². The summed E-state index contributed by atoms with van der Waals surface area (Å²) in [5.41, 5.74) is 3.20. The van der Waals surface area contributed by atoms with Crippen LogP contribution < -0.4 is 5.32 Å². The number of hydrogen-bond acceptors (Lipinski definition) is 3. The molecule has 2 bridgehead atoms. The monoisotopic (exact) mass is 397 g/mol. The Balaban J connectivity index is 1.39. The van der Waals surface area contributed by atoms with Gasteiger partial charge in [-0.25, -0.2) is 4.79 Å². The molecule has 3 aliphatic rings. The zero-order valence-electron chi connectivity index (χ0n) is 17.9. The number of amides is 2. The van der Waals surface area contributed by atoms with Crippen molar-refractivity contribution < 1.29 is 9.53 Å². The Morgan fingerprint density at radius 3 is 2.59 bits per heavy atom. The zero-order valence-corrected chi connectivity index (χ0v) is 17.9. The van der Waals surface area contributed by atoms with Crippen molar-refractivity contribution in [2.24, 2.45) is 17.8 Å². The molecule has 29 heavy (non-hydrogen) atoms. The quantitative estimate of drug-likeness (QED) is 0.706. The molecule has 3 unspecified atom stereocenters. The van der Waals surface area contributed by atoms with Crippen LogP contribution in [0.25, 0.3) is 0 Å². The van der Waals surface area contributed by atoms with Crippen molar-refractivity contribution in [3.05, 3.63) is 41.5 Å². The summed E-state index contributed by atoms with van der Waals surface area (Å²) in [7, 11) is 0. The van der Waals surface area contributed by atoms with Gasteiger partial charge >= 0.3 is 6.03 Å². The summed E-state index contributed by atoms with van der Waals surface area (Å²) in [6.45, 7) is 10.5. The number of morpholine rings is 1. The van der Waals surface area contributed by atoms with Crippen LogP contribution >= 0.6 is 0 Å². The minimum absolute atomic E-state index is 0.0520. The smallest absolute Gasteiger partial charge is 0.321 e. The van der Waals surface area contributed by atoms with Crippen molar-refractivity contribution >= 4 is 11.7 Å². The molecular weight excluding hydrogens is 362 g/mol. The second-order valence-electron chi connectivity index (χ2n) is 8.99. The topological polar surface area (TPSA) is 44.8 Å². The lowest BCUT2D eigenvalue weighted by Crippen LogP contribution is -2.42. The number of nitrogens with one attached hydrogen (secondary N) is 1. The van der Waals surface area contributed by atoms with Crippen LogP contribution in [-0.4, -0.2) is 61.8 Å². The molecule has 1 aliphatic heterocycles. The molecule has 5 heteroatoms. The van der Waals surface area contributed by atoms with Crippen LogP contribution in [0.2, 0.25) is 0 Å². The summed E-state index contributed by atoms with van der Waals surface area (Å²) in [6, 6.07) is 6.22. The molecule has 1 heterocycles. The number of rotatable bonds is 7. The molecule has 158 valence electrons. The molecule has 2 fully saturated rings. The molecule has 0 spiro atoms. The number of anilines is 1. The highest BCUT2D eigenvalue weighted by Crippen LogP contribution is 2.43. The van der Waals surface area contributed by atoms with Gasteiger partial charge in [-0.3, -0.25) is 4.90 Å². The van der Waals surface area contributed by atoms with E-state index in [1.165, 1.54) is 12.8 Å². The van der Waals surface area contributed by atoms with E-state index in [2.05, 4.69) is 53.2 Å². The number of aryl methyl sites for hydroxylation is 2. The third-order valence-electron chi connectivity index (χ3n) is 6.88. The van der Waals surface area contributed by atoms with Crippen LogP contribution in [0.3, 0.4) is 0 Å². The van der Waals surface area contributed by atoms with Crippen molar-refractivity contribution in [2.45, 2.75) is 33.1 Å². The number of ether oxygens (including phenoxy) is 1. The van der Waals surface area contributed by atoms with Gasteiger partial charge in [0.1, 0.15) is 0 Å². The average Bonchev–Trinajstić information content (AvgIpc) is 3.34. The van der Waals surface area contributed by atoms with Crippen LogP contribution in [0, 0.1) is 31.6 Å². The summed E-state index contributed by atoms with van der Waals surface area (Å²) in [4.78, 5) is 17.8. The van der Waals surface area contributed by atoms with Crippen LogP contribution in [-0.2, 0) is 4.74 Å². The van der Waals surface area contributed by atoms with E-state index >= 15 is 0 Å². The molecule has 0 radical (unpaired) electrons. The van der Waals surface area contributed by atoms with Gasteiger partial charge in [0, 0.05) is 38.4 Å². The number of benzene rings is 1. The van der Waals surface area contributed by atoms with Crippen LogP contribution in [0.15, 0.2) is 30.4 Å². The van der Waals surface area contributed by atoms with E-state index in [9.17, 15) is 4.79 Å². The molecule has 4 rings (SSSR count). The summed E-state index contributed by atoms with van der Waals surface area (Å²) in [5.74, 6) is 2.01. The predicted molar refractivity (Wildman–Crippen MR) is 117 cm³/mol. The molecular formula is C24H35N3O2. The molecule has 1 saturated carbocycles. The van der Waals surface area contributed by atoms with E-state index in [0.717, 1.165) is 75.1 Å². The Bertz CT molecular complexity index is 721. The highest BCUT2D eigenvalue weighted by molar-refractivity contribution is 5.91. The second-order valence-corrected chi connectivity index (χ2v) is 8.99. The maximum absolute atomic E-state index is 13.3. The van der Waals surface area contributed by atoms with Gasteiger partial charge in [0.05, 0.1) is 13.2 Å². The van der Waals surface area contributed by atoms with Crippen molar-refractivity contribution in [2.75, 3.05) is 51.3 Å². The van der Waals surface area contributed by atoms with E-state index in [1.54, 1.807) is 0 Å². The summed E-state index contributed by atoms with van der Waals surface area (Å²) >= 11 is 0. The third kappa shape index (κ3) is 5.01.